The van der Waals surface area contributed by atoms with Crippen LogP contribution in [0.4, 0.5) is 5.69 Å². The lowest BCUT2D eigenvalue weighted by Crippen LogP contribution is -2.60. The molecule has 10 heteroatoms. The second-order valence-corrected chi connectivity index (χ2v) is 11.9. The number of rotatable bonds is 10. The van der Waals surface area contributed by atoms with Crippen LogP contribution in [0, 0.1) is 6.57 Å². The molecule has 1 saturated heterocycles. The molecule has 210 valence electrons. The fourth-order valence-electron chi connectivity index (χ4n) is 5.04. The van der Waals surface area contributed by atoms with Gasteiger partial charge in [0.25, 0.3) is 0 Å². The molecular weight excluding hydrogens is 536 g/mol. The molecule has 1 atom stereocenters. The largest absolute Gasteiger partial charge is 0.354 e. The summed E-state index contributed by atoms with van der Waals surface area (Å²) < 4.78 is 30.5. The van der Waals surface area contributed by atoms with E-state index in [1.165, 1.54) is 4.31 Å². The van der Waals surface area contributed by atoms with Crippen LogP contribution in [0.2, 0.25) is 0 Å². The van der Waals surface area contributed by atoms with Crippen LogP contribution < -0.4 is 5.32 Å². The minimum absolute atomic E-state index is 0.183. The quantitative estimate of drug-likeness (QED) is 0.295. The van der Waals surface area contributed by atoms with Crippen LogP contribution in [0.25, 0.3) is 4.85 Å². The maximum atomic E-state index is 13.6. The number of piperazine rings is 1. The fourth-order valence-corrected chi connectivity index (χ4v) is 6.63. The fraction of sp³-hybridized carbons (Fsp3) is 0.258. The van der Waals surface area contributed by atoms with Gasteiger partial charge >= 0.3 is 0 Å². The van der Waals surface area contributed by atoms with Gasteiger partial charge in [0.05, 0.1) is 17.8 Å². The van der Waals surface area contributed by atoms with Crippen LogP contribution >= 0.6 is 0 Å². The van der Waals surface area contributed by atoms with Gasteiger partial charge in [0.15, 0.2) is 5.69 Å². The van der Waals surface area contributed by atoms with E-state index in [4.69, 9.17) is 6.57 Å². The van der Waals surface area contributed by atoms with Crippen molar-refractivity contribution in [2.45, 2.75) is 30.4 Å². The third-order valence-electron chi connectivity index (χ3n) is 7.21. The molecule has 5 rings (SSSR count). The average molecular weight is 569 g/mol. The van der Waals surface area contributed by atoms with Crippen molar-refractivity contribution < 1.29 is 13.2 Å². The highest BCUT2D eigenvalue weighted by Crippen LogP contribution is 2.23. The summed E-state index contributed by atoms with van der Waals surface area (Å²) in [6.45, 7) is 9.75. The summed E-state index contributed by atoms with van der Waals surface area (Å²) in [7, 11) is -3.85. The summed E-state index contributed by atoms with van der Waals surface area (Å²) in [4.78, 5) is 23.6. The van der Waals surface area contributed by atoms with Crippen LogP contribution in [0.3, 0.4) is 0 Å². The standard InChI is InChI=1S/C31H32N6O3S/c1-32-27-14-12-26(13-15-27)22-36-24-33-20-28(36)16-17-34-31(38)30-23-35(21-25-8-4-2-5-9-25)18-19-37(30)41(39,40)29-10-6-3-7-11-29/h2-15,20,24,30H,16-19,21-23H2,(H,34,38)/t30-/m1/s1. The van der Waals surface area contributed by atoms with Crippen molar-refractivity contribution in [1.29, 1.82) is 0 Å². The molecule has 3 aromatic carbocycles. The summed E-state index contributed by atoms with van der Waals surface area (Å²) >= 11 is 0. The number of benzene rings is 3. The van der Waals surface area contributed by atoms with Gasteiger partial charge in [0.1, 0.15) is 6.04 Å². The SMILES string of the molecule is [C-]#[N+]c1ccc(Cn2cncc2CCNC(=O)[C@H]2CN(Cc3ccccc3)CCN2S(=O)(=O)c2ccccc2)cc1. The second kappa shape index (κ2) is 12.9. The Bertz CT molecular complexity index is 1600. The Morgan fingerprint density at radius 3 is 2.32 bits per heavy atom. The van der Waals surface area contributed by atoms with E-state index in [1.54, 1.807) is 55.0 Å². The van der Waals surface area contributed by atoms with Crippen LogP contribution in [0.5, 0.6) is 0 Å². The van der Waals surface area contributed by atoms with Crippen molar-refractivity contribution >= 4 is 21.6 Å². The average Bonchev–Trinajstić information content (AvgIpc) is 3.45. The molecular formula is C31H32N6O3S. The first-order chi connectivity index (χ1) is 19.9. The Morgan fingerprint density at radius 2 is 1.61 bits per heavy atom. The Labute approximate surface area is 240 Å². The van der Waals surface area contributed by atoms with Crippen LogP contribution in [0.15, 0.2) is 102 Å². The molecule has 0 saturated carbocycles. The third kappa shape index (κ3) is 6.89. The van der Waals surface area contributed by atoms with Gasteiger partial charge in [-0.25, -0.2) is 18.2 Å². The number of carbonyl (C=O) groups excluding carboxylic acids is 1. The zero-order valence-electron chi connectivity index (χ0n) is 22.6. The molecule has 1 fully saturated rings. The summed E-state index contributed by atoms with van der Waals surface area (Å²) in [5.41, 5.74) is 3.70. The molecule has 1 aliphatic rings. The molecule has 0 unspecified atom stereocenters. The first-order valence-corrected chi connectivity index (χ1v) is 14.9. The van der Waals surface area contributed by atoms with Gasteiger partial charge in [-0.3, -0.25) is 9.69 Å². The van der Waals surface area contributed by atoms with E-state index in [-0.39, 0.29) is 17.3 Å². The van der Waals surface area contributed by atoms with Crippen molar-refractivity contribution in [1.82, 2.24) is 24.1 Å². The van der Waals surface area contributed by atoms with Crippen molar-refractivity contribution in [2.75, 3.05) is 26.2 Å². The lowest BCUT2D eigenvalue weighted by Gasteiger charge is -2.39. The van der Waals surface area contributed by atoms with Crippen molar-refractivity contribution in [3.05, 3.63) is 126 Å². The minimum atomic E-state index is -3.85. The number of aromatic nitrogens is 2. The maximum Gasteiger partial charge on any atom is 0.243 e. The molecule has 0 spiro atoms. The van der Waals surface area contributed by atoms with Gasteiger partial charge in [-0.15, -0.1) is 0 Å². The first-order valence-electron chi connectivity index (χ1n) is 13.5. The van der Waals surface area contributed by atoms with Crippen molar-refractivity contribution in [3.63, 3.8) is 0 Å². The van der Waals surface area contributed by atoms with Gasteiger partial charge in [0.2, 0.25) is 15.9 Å². The molecule has 41 heavy (non-hydrogen) atoms. The number of imidazole rings is 1. The topological polar surface area (TPSA) is 91.9 Å². The van der Waals surface area contributed by atoms with Crippen molar-refractivity contribution in [3.8, 4) is 0 Å². The van der Waals surface area contributed by atoms with Gasteiger partial charge in [0, 0.05) is 57.6 Å². The van der Waals surface area contributed by atoms with Gasteiger partial charge in [-0.05, 0) is 23.3 Å². The zero-order chi connectivity index (χ0) is 28.7. The number of hydrogen-bond acceptors (Lipinski definition) is 5. The number of nitrogens with one attached hydrogen (secondary N) is 1. The van der Waals surface area contributed by atoms with Gasteiger partial charge in [-0.2, -0.15) is 4.31 Å². The van der Waals surface area contributed by atoms with Crippen LogP contribution in [-0.2, 0) is 34.3 Å². The molecule has 0 radical (unpaired) electrons. The predicted octanol–water partition coefficient (Wildman–Crippen LogP) is 3.72. The van der Waals surface area contributed by atoms with Crippen LogP contribution in [0.1, 0.15) is 16.8 Å². The number of hydrogen-bond donors (Lipinski definition) is 1. The molecule has 0 bridgehead atoms. The number of sulfonamides is 1. The van der Waals surface area contributed by atoms with E-state index in [0.717, 1.165) is 16.8 Å². The van der Waals surface area contributed by atoms with E-state index in [2.05, 4.69) is 20.0 Å². The molecule has 1 amide bonds. The number of amides is 1. The second-order valence-electron chi connectivity index (χ2n) is 10.00. The maximum absolute atomic E-state index is 13.6. The zero-order valence-corrected chi connectivity index (χ0v) is 23.5. The molecule has 9 nitrogen and oxygen atoms in total. The van der Waals surface area contributed by atoms with Crippen LogP contribution in [-0.4, -0.2) is 65.3 Å². The summed E-state index contributed by atoms with van der Waals surface area (Å²) in [6, 6.07) is 24.8. The number of carbonyl (C=O) groups is 1. The monoisotopic (exact) mass is 568 g/mol. The molecule has 2 heterocycles. The Balaban J connectivity index is 1.27. The van der Waals surface area contributed by atoms with E-state index in [9.17, 15) is 13.2 Å². The smallest absolute Gasteiger partial charge is 0.243 e. The third-order valence-corrected chi connectivity index (χ3v) is 9.14. The Kier molecular flexibility index (Phi) is 8.89. The van der Waals surface area contributed by atoms with Gasteiger partial charge < -0.3 is 9.88 Å². The molecule has 0 aliphatic carbocycles. The molecule has 1 aliphatic heterocycles. The molecule has 1 aromatic heterocycles. The lowest BCUT2D eigenvalue weighted by molar-refractivity contribution is -0.126. The first kappa shape index (κ1) is 28.2. The summed E-state index contributed by atoms with van der Waals surface area (Å²) in [5, 5.41) is 2.99. The highest BCUT2D eigenvalue weighted by atomic mass is 32.2. The van der Waals surface area contributed by atoms with Gasteiger partial charge in [-0.1, -0.05) is 72.8 Å². The Morgan fingerprint density at radius 1 is 0.927 bits per heavy atom. The highest BCUT2D eigenvalue weighted by molar-refractivity contribution is 7.89. The minimum Gasteiger partial charge on any atom is -0.354 e. The normalized spacial score (nSPS) is 16.2. The van der Waals surface area contributed by atoms with E-state index >= 15 is 0 Å². The summed E-state index contributed by atoms with van der Waals surface area (Å²) in [6.07, 6.45) is 4.06. The molecule has 4 aromatic rings. The highest BCUT2D eigenvalue weighted by Gasteiger charge is 2.40. The Hall–Kier alpha value is -4.30. The number of nitrogens with zero attached hydrogens (tertiary/aromatic N) is 5. The molecule has 1 N–H and O–H groups in total. The predicted molar refractivity (Wildman–Crippen MR) is 157 cm³/mol. The van der Waals surface area contributed by atoms with Crippen molar-refractivity contribution in [2.24, 2.45) is 0 Å². The lowest BCUT2D eigenvalue weighted by atomic mass is 10.1. The van der Waals surface area contributed by atoms with E-state index in [0.29, 0.717) is 44.8 Å². The van der Waals surface area contributed by atoms with E-state index in [1.807, 2.05) is 47.0 Å². The van der Waals surface area contributed by atoms with E-state index < -0.39 is 16.1 Å². The summed E-state index contributed by atoms with van der Waals surface area (Å²) in [5.74, 6) is -0.317.